The van der Waals surface area contributed by atoms with Gasteiger partial charge in [-0.05, 0) is 58.7 Å². The lowest BCUT2D eigenvalue weighted by Gasteiger charge is -2.12. The predicted molar refractivity (Wildman–Crippen MR) is 193 cm³/mol. The van der Waals surface area contributed by atoms with Crippen LogP contribution < -0.4 is 0 Å². The van der Waals surface area contributed by atoms with Crippen LogP contribution in [0.25, 0.3) is 95.0 Å². The standard InChI is InChI=1S/C43H27N3O2/c1-2-12-27(13-3-1)41-44-42(34-18-10-17-32-31-15-6-8-19-36(31)48-40(32)34)46-43(45-41)35-24-30(29-22-21-26-11-4-5-14-28(26)23-29)25-38-39(35)33-16-7-9-20-37(33)47-38/h1-8,10-19,21-25H,9,20H2. The second-order valence-corrected chi connectivity index (χ2v) is 12.3. The van der Waals surface area contributed by atoms with Crippen molar-refractivity contribution in [3.63, 3.8) is 0 Å². The summed E-state index contributed by atoms with van der Waals surface area (Å²) in [4.78, 5) is 15.5. The topological polar surface area (TPSA) is 65.0 Å². The Labute approximate surface area is 275 Å². The van der Waals surface area contributed by atoms with Crippen LogP contribution in [-0.4, -0.2) is 15.0 Å². The van der Waals surface area contributed by atoms with Crippen LogP contribution >= 0.6 is 0 Å². The summed E-state index contributed by atoms with van der Waals surface area (Å²) < 4.78 is 13.0. The molecule has 6 aromatic carbocycles. The van der Waals surface area contributed by atoms with E-state index in [1.165, 1.54) is 10.8 Å². The van der Waals surface area contributed by atoms with Crippen LogP contribution in [0.1, 0.15) is 17.7 Å². The number of para-hydroxylation sites is 2. The maximum Gasteiger partial charge on any atom is 0.167 e. The minimum Gasteiger partial charge on any atom is -0.460 e. The van der Waals surface area contributed by atoms with Gasteiger partial charge in [-0.3, -0.25) is 0 Å². The molecule has 0 N–H and O–H groups in total. The number of furan rings is 2. The van der Waals surface area contributed by atoms with Gasteiger partial charge in [0.25, 0.3) is 0 Å². The number of benzene rings is 6. The third-order valence-corrected chi connectivity index (χ3v) is 9.36. The lowest BCUT2D eigenvalue weighted by atomic mass is 9.94. The van der Waals surface area contributed by atoms with Crippen LogP contribution in [0.15, 0.2) is 142 Å². The van der Waals surface area contributed by atoms with E-state index in [4.69, 9.17) is 23.8 Å². The molecule has 3 heterocycles. The fraction of sp³-hybridized carbons (Fsp3) is 0.0465. The van der Waals surface area contributed by atoms with Crippen LogP contribution in [0.5, 0.6) is 0 Å². The van der Waals surface area contributed by atoms with Crippen molar-refractivity contribution < 1.29 is 8.83 Å². The van der Waals surface area contributed by atoms with Crippen molar-refractivity contribution in [2.45, 2.75) is 12.8 Å². The molecule has 0 bridgehead atoms. The minimum absolute atomic E-state index is 0.556. The average molecular weight is 618 g/mol. The van der Waals surface area contributed by atoms with Gasteiger partial charge in [0.2, 0.25) is 0 Å². The lowest BCUT2D eigenvalue weighted by Crippen LogP contribution is -2.01. The van der Waals surface area contributed by atoms with E-state index in [0.717, 1.165) is 84.9 Å². The monoisotopic (exact) mass is 617 g/mol. The van der Waals surface area contributed by atoms with Crippen LogP contribution in [0.4, 0.5) is 0 Å². The fourth-order valence-electron chi connectivity index (χ4n) is 7.05. The molecule has 0 saturated carbocycles. The molecule has 0 radical (unpaired) electrons. The number of nitrogens with zero attached hydrogens (tertiary/aromatic N) is 3. The Bertz CT molecular complexity index is 2740. The molecule has 0 saturated heterocycles. The summed E-state index contributed by atoms with van der Waals surface area (Å²) in [6.45, 7) is 0. The molecule has 0 atom stereocenters. The first kappa shape index (κ1) is 26.8. The first-order valence-electron chi connectivity index (χ1n) is 16.2. The van der Waals surface area contributed by atoms with Crippen molar-refractivity contribution in [2.75, 3.05) is 0 Å². The van der Waals surface area contributed by atoms with Crippen LogP contribution in [0.2, 0.25) is 0 Å². The normalized spacial score (nSPS) is 12.8. The SMILES string of the molecule is C1=Cc2c(oc3cc(-c4ccc5ccccc5c4)cc(-c4nc(-c5ccccc5)nc(-c5cccc6c5oc5ccccc56)n4)c23)CC1. The smallest absolute Gasteiger partial charge is 0.167 e. The Morgan fingerprint density at radius 2 is 1.27 bits per heavy atom. The molecule has 10 rings (SSSR count). The number of aromatic nitrogens is 3. The van der Waals surface area contributed by atoms with Gasteiger partial charge in [0.05, 0.1) is 5.56 Å². The molecule has 5 nitrogen and oxygen atoms in total. The van der Waals surface area contributed by atoms with E-state index in [1.54, 1.807) is 0 Å². The lowest BCUT2D eigenvalue weighted by molar-refractivity contribution is 0.546. The summed E-state index contributed by atoms with van der Waals surface area (Å²) in [6, 6.07) is 43.8. The molecule has 0 spiro atoms. The third-order valence-electron chi connectivity index (χ3n) is 9.36. The molecule has 0 unspecified atom stereocenters. The Kier molecular flexibility index (Phi) is 5.93. The number of fused-ring (bicyclic) bond motifs is 7. The van der Waals surface area contributed by atoms with Crippen LogP contribution in [0.3, 0.4) is 0 Å². The van der Waals surface area contributed by atoms with E-state index in [1.807, 2.05) is 60.7 Å². The zero-order valence-electron chi connectivity index (χ0n) is 25.9. The summed E-state index contributed by atoms with van der Waals surface area (Å²) in [5.41, 5.74) is 8.30. The summed E-state index contributed by atoms with van der Waals surface area (Å²) >= 11 is 0. The molecule has 1 aliphatic carbocycles. The highest BCUT2D eigenvalue weighted by Gasteiger charge is 2.23. The number of rotatable bonds is 4. The van der Waals surface area contributed by atoms with Gasteiger partial charge in [-0.15, -0.1) is 0 Å². The zero-order chi connectivity index (χ0) is 31.6. The first-order chi connectivity index (χ1) is 23.8. The van der Waals surface area contributed by atoms with Gasteiger partial charge < -0.3 is 8.83 Å². The van der Waals surface area contributed by atoms with Gasteiger partial charge in [-0.2, -0.15) is 0 Å². The Hall–Kier alpha value is -6.33. The van der Waals surface area contributed by atoms with Crippen molar-refractivity contribution in [1.29, 1.82) is 0 Å². The molecule has 1 aliphatic rings. The molecule has 9 aromatic rings. The maximum atomic E-state index is 6.59. The molecular weight excluding hydrogens is 590 g/mol. The summed E-state index contributed by atoms with van der Waals surface area (Å²) in [5.74, 6) is 2.73. The van der Waals surface area contributed by atoms with Crippen molar-refractivity contribution in [3.05, 3.63) is 145 Å². The van der Waals surface area contributed by atoms with Crippen LogP contribution in [0, 0.1) is 0 Å². The Morgan fingerprint density at radius 1 is 0.500 bits per heavy atom. The molecule has 3 aromatic heterocycles. The summed E-state index contributed by atoms with van der Waals surface area (Å²) in [6.07, 6.45) is 6.21. The fourth-order valence-corrected chi connectivity index (χ4v) is 7.05. The molecule has 0 fully saturated rings. The second-order valence-electron chi connectivity index (χ2n) is 12.3. The number of allylic oxidation sites excluding steroid dienone is 1. The van der Waals surface area contributed by atoms with Gasteiger partial charge in [-0.1, -0.05) is 109 Å². The van der Waals surface area contributed by atoms with E-state index in [0.29, 0.717) is 17.5 Å². The largest absolute Gasteiger partial charge is 0.460 e. The van der Waals surface area contributed by atoms with E-state index in [9.17, 15) is 0 Å². The molecule has 5 heteroatoms. The number of aryl methyl sites for hydroxylation is 1. The highest BCUT2D eigenvalue weighted by molar-refractivity contribution is 6.09. The average Bonchev–Trinajstić information content (AvgIpc) is 3.73. The Morgan fingerprint density at radius 3 is 2.19 bits per heavy atom. The van der Waals surface area contributed by atoms with Gasteiger partial charge in [0.15, 0.2) is 17.5 Å². The quantitative estimate of drug-likeness (QED) is 0.197. The minimum atomic E-state index is 0.556. The van der Waals surface area contributed by atoms with E-state index in [2.05, 4.69) is 78.9 Å². The number of hydrogen-bond donors (Lipinski definition) is 0. The van der Waals surface area contributed by atoms with Crippen molar-refractivity contribution in [1.82, 2.24) is 15.0 Å². The third kappa shape index (κ3) is 4.28. The zero-order valence-corrected chi connectivity index (χ0v) is 25.9. The van der Waals surface area contributed by atoms with E-state index < -0.39 is 0 Å². The van der Waals surface area contributed by atoms with Crippen molar-refractivity contribution >= 4 is 49.8 Å². The molecule has 48 heavy (non-hydrogen) atoms. The predicted octanol–water partition coefficient (Wildman–Crippen LogP) is 11.3. The van der Waals surface area contributed by atoms with Crippen molar-refractivity contribution in [3.8, 4) is 45.3 Å². The van der Waals surface area contributed by atoms with Gasteiger partial charge in [0.1, 0.15) is 22.5 Å². The maximum absolute atomic E-state index is 6.59. The van der Waals surface area contributed by atoms with Gasteiger partial charge in [0, 0.05) is 39.3 Å². The number of hydrogen-bond acceptors (Lipinski definition) is 5. The van der Waals surface area contributed by atoms with E-state index >= 15 is 0 Å². The molecule has 0 aliphatic heterocycles. The summed E-state index contributed by atoms with van der Waals surface area (Å²) in [5, 5.41) is 5.50. The van der Waals surface area contributed by atoms with Crippen LogP contribution in [-0.2, 0) is 6.42 Å². The Balaban J connectivity index is 1.26. The first-order valence-corrected chi connectivity index (χ1v) is 16.2. The molecule has 0 amide bonds. The molecule has 226 valence electrons. The van der Waals surface area contributed by atoms with Gasteiger partial charge >= 0.3 is 0 Å². The molecular formula is C43H27N3O2. The van der Waals surface area contributed by atoms with Gasteiger partial charge in [-0.25, -0.2) is 15.0 Å². The van der Waals surface area contributed by atoms with Crippen molar-refractivity contribution in [2.24, 2.45) is 0 Å². The summed E-state index contributed by atoms with van der Waals surface area (Å²) in [7, 11) is 0. The highest BCUT2D eigenvalue weighted by Crippen LogP contribution is 2.42. The second kappa shape index (κ2) is 10.6. The highest BCUT2D eigenvalue weighted by atomic mass is 16.3. The van der Waals surface area contributed by atoms with E-state index in [-0.39, 0.29) is 0 Å².